The molecule has 0 amide bonds. The maximum Gasteiger partial charge on any atom is 0.129 e. The van der Waals surface area contributed by atoms with E-state index in [1.807, 2.05) is 13.2 Å². The summed E-state index contributed by atoms with van der Waals surface area (Å²) in [4.78, 5) is 0. The Balaban J connectivity index is 1.95. The van der Waals surface area contributed by atoms with Crippen molar-refractivity contribution in [3.63, 3.8) is 0 Å². The summed E-state index contributed by atoms with van der Waals surface area (Å²) in [6.45, 7) is 0. The number of aryl methyl sites for hydroxylation is 1. The van der Waals surface area contributed by atoms with Crippen LogP contribution in [0, 0.1) is 5.82 Å². The molecule has 0 bridgehead atoms. The summed E-state index contributed by atoms with van der Waals surface area (Å²) >= 11 is 0. The molecule has 2 aromatic rings. The molecule has 0 spiro atoms. The lowest BCUT2D eigenvalue weighted by atomic mass is 9.95. The highest BCUT2D eigenvalue weighted by Crippen LogP contribution is 2.39. The third-order valence-corrected chi connectivity index (χ3v) is 3.21. The van der Waals surface area contributed by atoms with Gasteiger partial charge in [-0.25, -0.2) is 4.39 Å². The third-order valence-electron chi connectivity index (χ3n) is 3.21. The second kappa shape index (κ2) is 4.10. The van der Waals surface area contributed by atoms with Gasteiger partial charge in [0.2, 0.25) is 0 Å². The zero-order chi connectivity index (χ0) is 12.7. The number of aromatic nitrogens is 2. The monoisotopic (exact) mass is 247 g/mol. The van der Waals surface area contributed by atoms with Crippen LogP contribution in [-0.2, 0) is 7.05 Å². The van der Waals surface area contributed by atoms with Crippen LogP contribution in [0.1, 0.15) is 29.7 Å². The van der Waals surface area contributed by atoms with Gasteiger partial charge in [0.05, 0.1) is 6.20 Å². The minimum absolute atomic E-state index is 0.139. The van der Waals surface area contributed by atoms with Gasteiger partial charge in [-0.15, -0.1) is 0 Å². The van der Waals surface area contributed by atoms with Gasteiger partial charge in [0.15, 0.2) is 0 Å². The molecule has 5 heteroatoms. The molecule has 1 aromatic carbocycles. The molecule has 94 valence electrons. The number of ether oxygens (including phenoxy) is 1. The van der Waals surface area contributed by atoms with Crippen LogP contribution in [0.3, 0.4) is 0 Å². The molecule has 4 nitrogen and oxygen atoms in total. The van der Waals surface area contributed by atoms with E-state index in [0.717, 1.165) is 11.1 Å². The van der Waals surface area contributed by atoms with Gasteiger partial charge in [-0.1, -0.05) is 6.07 Å². The topological polar surface area (TPSA) is 53.1 Å². The third kappa shape index (κ3) is 1.86. The van der Waals surface area contributed by atoms with Crippen LogP contribution in [0.5, 0.6) is 5.75 Å². The van der Waals surface area contributed by atoms with E-state index in [4.69, 9.17) is 10.5 Å². The van der Waals surface area contributed by atoms with Crippen molar-refractivity contribution in [1.82, 2.24) is 9.78 Å². The van der Waals surface area contributed by atoms with E-state index in [1.54, 1.807) is 16.9 Å². The van der Waals surface area contributed by atoms with Crippen molar-refractivity contribution in [2.45, 2.75) is 18.6 Å². The summed E-state index contributed by atoms with van der Waals surface area (Å²) in [6.07, 6.45) is 4.15. The first-order valence-electron chi connectivity index (χ1n) is 5.83. The minimum Gasteiger partial charge on any atom is -0.485 e. The second-order valence-corrected chi connectivity index (χ2v) is 4.58. The van der Waals surface area contributed by atoms with Crippen LogP contribution in [0.15, 0.2) is 30.6 Å². The van der Waals surface area contributed by atoms with Gasteiger partial charge in [-0.05, 0) is 6.07 Å². The summed E-state index contributed by atoms with van der Waals surface area (Å²) in [7, 11) is 1.85. The lowest BCUT2D eigenvalue weighted by molar-refractivity contribution is 0.160. The molecule has 1 aliphatic heterocycles. The van der Waals surface area contributed by atoms with Crippen molar-refractivity contribution in [3.8, 4) is 5.75 Å². The molecule has 1 aromatic heterocycles. The highest BCUT2D eigenvalue weighted by molar-refractivity contribution is 5.39. The fourth-order valence-corrected chi connectivity index (χ4v) is 2.29. The van der Waals surface area contributed by atoms with E-state index < -0.39 is 0 Å². The van der Waals surface area contributed by atoms with Crippen LogP contribution in [-0.4, -0.2) is 9.78 Å². The van der Waals surface area contributed by atoms with Crippen molar-refractivity contribution < 1.29 is 9.13 Å². The molecule has 2 heterocycles. The quantitative estimate of drug-likeness (QED) is 0.839. The highest BCUT2D eigenvalue weighted by atomic mass is 19.1. The summed E-state index contributed by atoms with van der Waals surface area (Å²) in [6, 6.07) is 4.35. The van der Waals surface area contributed by atoms with Gasteiger partial charge >= 0.3 is 0 Å². The number of hydrogen-bond donors (Lipinski definition) is 1. The van der Waals surface area contributed by atoms with Crippen molar-refractivity contribution in [2.24, 2.45) is 12.8 Å². The Morgan fingerprint density at radius 3 is 3.06 bits per heavy atom. The molecule has 0 aliphatic carbocycles. The fourth-order valence-electron chi connectivity index (χ4n) is 2.29. The molecule has 2 atom stereocenters. The fraction of sp³-hybridized carbons (Fsp3) is 0.308. The van der Waals surface area contributed by atoms with Gasteiger partial charge in [0.25, 0.3) is 0 Å². The van der Waals surface area contributed by atoms with Crippen LogP contribution in [0.4, 0.5) is 4.39 Å². The van der Waals surface area contributed by atoms with Gasteiger partial charge in [0.1, 0.15) is 17.7 Å². The van der Waals surface area contributed by atoms with E-state index in [-0.39, 0.29) is 18.0 Å². The molecule has 2 N–H and O–H groups in total. The van der Waals surface area contributed by atoms with Gasteiger partial charge in [0, 0.05) is 42.9 Å². The van der Waals surface area contributed by atoms with E-state index in [0.29, 0.717) is 12.2 Å². The zero-order valence-corrected chi connectivity index (χ0v) is 10.0. The zero-order valence-electron chi connectivity index (χ0n) is 10.0. The number of nitrogens with two attached hydrogens (primary N) is 1. The molecular weight excluding hydrogens is 233 g/mol. The van der Waals surface area contributed by atoms with Gasteiger partial charge in [-0.3, -0.25) is 4.68 Å². The smallest absolute Gasteiger partial charge is 0.129 e. The molecule has 3 rings (SSSR count). The average molecular weight is 247 g/mol. The highest BCUT2D eigenvalue weighted by Gasteiger charge is 2.28. The molecule has 0 saturated heterocycles. The molecule has 0 fully saturated rings. The van der Waals surface area contributed by atoms with E-state index in [9.17, 15) is 4.39 Å². The summed E-state index contributed by atoms with van der Waals surface area (Å²) in [5.74, 6) is 0.218. The lowest BCUT2D eigenvalue weighted by Gasteiger charge is -2.29. The maximum absolute atomic E-state index is 13.2. The predicted octanol–water partition coefficient (Wildman–Crippen LogP) is 2.08. The van der Waals surface area contributed by atoms with Crippen molar-refractivity contribution in [2.75, 3.05) is 0 Å². The lowest BCUT2D eigenvalue weighted by Crippen LogP contribution is -2.24. The Labute approximate surface area is 104 Å². The Kier molecular flexibility index (Phi) is 2.56. The van der Waals surface area contributed by atoms with Crippen molar-refractivity contribution in [3.05, 3.63) is 47.5 Å². The van der Waals surface area contributed by atoms with Crippen LogP contribution < -0.4 is 10.5 Å². The number of rotatable bonds is 1. The number of hydrogen-bond acceptors (Lipinski definition) is 3. The largest absolute Gasteiger partial charge is 0.485 e. The first-order chi connectivity index (χ1) is 8.63. The number of halogens is 1. The normalized spacial score (nSPS) is 22.4. The maximum atomic E-state index is 13.2. The van der Waals surface area contributed by atoms with Crippen molar-refractivity contribution >= 4 is 0 Å². The Morgan fingerprint density at radius 1 is 1.50 bits per heavy atom. The molecule has 0 saturated carbocycles. The van der Waals surface area contributed by atoms with Crippen LogP contribution in [0.2, 0.25) is 0 Å². The Morgan fingerprint density at radius 2 is 2.33 bits per heavy atom. The SMILES string of the molecule is Cn1cc(C2C[C@H](N)c3ccc(F)cc3O2)cn1. The standard InChI is InChI=1S/C13H14FN3O/c1-17-7-8(6-16-17)12-5-11(15)10-3-2-9(14)4-13(10)18-12/h2-4,6-7,11-12H,5,15H2,1H3/t11-,12?/m0/s1. The first kappa shape index (κ1) is 11.2. The van der Waals surface area contributed by atoms with Crippen LogP contribution >= 0.6 is 0 Å². The average Bonchev–Trinajstić information content (AvgIpc) is 2.75. The number of fused-ring (bicyclic) bond motifs is 1. The summed E-state index contributed by atoms with van der Waals surface area (Å²) in [5, 5.41) is 4.11. The molecule has 18 heavy (non-hydrogen) atoms. The van der Waals surface area contributed by atoms with Gasteiger partial charge in [-0.2, -0.15) is 5.10 Å². The number of benzene rings is 1. The summed E-state index contributed by atoms with van der Waals surface area (Å²) < 4.78 is 20.7. The molecule has 1 aliphatic rings. The van der Waals surface area contributed by atoms with Gasteiger partial charge < -0.3 is 10.5 Å². The predicted molar refractivity (Wildman–Crippen MR) is 64.5 cm³/mol. The van der Waals surface area contributed by atoms with E-state index in [2.05, 4.69) is 5.10 Å². The summed E-state index contributed by atoms with van der Waals surface area (Å²) in [5.41, 5.74) is 7.92. The van der Waals surface area contributed by atoms with E-state index in [1.165, 1.54) is 12.1 Å². The molecular formula is C13H14FN3O. The Bertz CT molecular complexity index is 581. The van der Waals surface area contributed by atoms with Crippen LogP contribution in [0.25, 0.3) is 0 Å². The van der Waals surface area contributed by atoms with E-state index >= 15 is 0 Å². The molecule has 0 radical (unpaired) electrons. The van der Waals surface area contributed by atoms with Crippen molar-refractivity contribution in [1.29, 1.82) is 0 Å². The first-order valence-corrected chi connectivity index (χ1v) is 5.83. The minimum atomic E-state index is -0.312. The Hall–Kier alpha value is -1.88. The second-order valence-electron chi connectivity index (χ2n) is 4.58. The number of nitrogens with zero attached hydrogens (tertiary/aromatic N) is 2. The molecule has 1 unspecified atom stereocenters.